The molecule has 1 fully saturated rings. The quantitative estimate of drug-likeness (QED) is 0.648. The molecular formula is C26H30N2O6. The lowest BCUT2D eigenvalue weighted by Crippen LogP contribution is -2.64. The number of carboxylic acids is 1. The standard InChI is InChI=1S/C26H30N2O6/c1-17(23(29)28-14-8-7-13-26(28,16-33-2)24(30)31)27-25(32)34-15-22-20-11-5-3-9-18(20)19-10-4-6-12-21(19)22/h3-6,9-12,17,22H,7-8,13-16H2,1-2H3,(H,27,32)(H,30,31)/t17-,26?/m0/s1. The molecule has 8 heteroatoms. The number of likely N-dealkylation sites (tertiary alicyclic amines) is 1. The molecule has 2 atom stereocenters. The Bertz CT molecular complexity index is 1040. The number of ether oxygens (including phenoxy) is 2. The number of carboxylic acid groups (broad SMARTS) is 1. The fraction of sp³-hybridized carbons (Fsp3) is 0.423. The maximum absolute atomic E-state index is 13.2. The van der Waals surface area contributed by atoms with E-state index in [2.05, 4.69) is 17.4 Å². The van der Waals surface area contributed by atoms with Gasteiger partial charge in [-0.15, -0.1) is 0 Å². The number of rotatable bonds is 7. The van der Waals surface area contributed by atoms with E-state index >= 15 is 0 Å². The third-order valence-electron chi connectivity index (χ3n) is 6.83. The normalized spacial score (nSPS) is 20.2. The van der Waals surface area contributed by atoms with E-state index in [-0.39, 0.29) is 19.1 Å². The van der Waals surface area contributed by atoms with Gasteiger partial charge in [0, 0.05) is 19.6 Å². The molecule has 8 nitrogen and oxygen atoms in total. The van der Waals surface area contributed by atoms with Crippen LogP contribution in [0.4, 0.5) is 4.79 Å². The second kappa shape index (κ2) is 9.85. The molecule has 180 valence electrons. The van der Waals surface area contributed by atoms with Crippen LogP contribution in [-0.4, -0.2) is 66.4 Å². The number of alkyl carbamates (subject to hydrolysis) is 1. The average molecular weight is 467 g/mol. The molecule has 2 aliphatic rings. The van der Waals surface area contributed by atoms with E-state index in [1.165, 1.54) is 18.9 Å². The van der Waals surface area contributed by atoms with Gasteiger partial charge in [-0.25, -0.2) is 9.59 Å². The molecule has 34 heavy (non-hydrogen) atoms. The van der Waals surface area contributed by atoms with Crippen LogP contribution in [0.1, 0.15) is 43.2 Å². The lowest BCUT2D eigenvalue weighted by atomic mass is 9.86. The highest BCUT2D eigenvalue weighted by atomic mass is 16.5. The average Bonchev–Trinajstić information content (AvgIpc) is 3.16. The van der Waals surface area contributed by atoms with Crippen molar-refractivity contribution in [3.05, 3.63) is 59.7 Å². The SMILES string of the molecule is COCC1(C(=O)O)CCCCN1C(=O)[C@H](C)NC(=O)OCC1c2ccccc2-c2ccccc21. The first-order chi connectivity index (χ1) is 16.4. The Morgan fingerprint density at radius 1 is 1.09 bits per heavy atom. The fourth-order valence-corrected chi connectivity index (χ4v) is 5.14. The van der Waals surface area contributed by atoms with Crippen LogP contribution in [0.3, 0.4) is 0 Å². The number of nitrogens with one attached hydrogen (secondary N) is 1. The highest BCUT2D eigenvalue weighted by Gasteiger charge is 2.49. The van der Waals surface area contributed by atoms with Crippen LogP contribution in [0.5, 0.6) is 0 Å². The van der Waals surface area contributed by atoms with Crippen LogP contribution in [0, 0.1) is 0 Å². The molecule has 0 radical (unpaired) electrons. The third kappa shape index (κ3) is 4.25. The molecule has 0 aromatic heterocycles. The van der Waals surface area contributed by atoms with Crippen LogP contribution in [-0.2, 0) is 19.1 Å². The van der Waals surface area contributed by atoms with Gasteiger partial charge in [-0.2, -0.15) is 0 Å². The van der Waals surface area contributed by atoms with Crippen molar-refractivity contribution in [1.29, 1.82) is 0 Å². The number of aliphatic carboxylic acids is 1. The number of methoxy groups -OCH3 is 1. The molecule has 2 aromatic carbocycles. The fourth-order valence-electron chi connectivity index (χ4n) is 5.14. The molecule has 4 rings (SSSR count). The third-order valence-corrected chi connectivity index (χ3v) is 6.83. The second-order valence-electron chi connectivity index (χ2n) is 8.91. The molecule has 0 saturated carbocycles. The molecule has 2 aromatic rings. The molecule has 2 amide bonds. The summed E-state index contributed by atoms with van der Waals surface area (Å²) in [4.78, 5) is 39.2. The zero-order valence-corrected chi connectivity index (χ0v) is 19.5. The van der Waals surface area contributed by atoms with Gasteiger partial charge in [-0.3, -0.25) is 4.79 Å². The molecule has 0 spiro atoms. The predicted molar refractivity (Wildman–Crippen MR) is 125 cm³/mol. The minimum absolute atomic E-state index is 0.0902. The smallest absolute Gasteiger partial charge is 0.407 e. The van der Waals surface area contributed by atoms with Crippen LogP contribution in [0.25, 0.3) is 11.1 Å². The van der Waals surface area contributed by atoms with Crippen molar-refractivity contribution in [1.82, 2.24) is 10.2 Å². The van der Waals surface area contributed by atoms with E-state index in [9.17, 15) is 19.5 Å². The summed E-state index contributed by atoms with van der Waals surface area (Å²) in [5.74, 6) is -1.66. The molecule has 0 bridgehead atoms. The van der Waals surface area contributed by atoms with Crippen molar-refractivity contribution < 1.29 is 29.0 Å². The van der Waals surface area contributed by atoms with Crippen molar-refractivity contribution in [2.75, 3.05) is 26.9 Å². The zero-order chi connectivity index (χ0) is 24.3. The minimum atomic E-state index is -1.43. The first-order valence-electron chi connectivity index (χ1n) is 11.5. The van der Waals surface area contributed by atoms with Gasteiger partial charge in [-0.05, 0) is 48.4 Å². The van der Waals surface area contributed by atoms with Crippen molar-refractivity contribution in [2.24, 2.45) is 0 Å². The summed E-state index contributed by atoms with van der Waals surface area (Å²) in [5, 5.41) is 12.5. The Labute approximate surface area is 198 Å². The number of piperidine rings is 1. The topological polar surface area (TPSA) is 105 Å². The second-order valence-corrected chi connectivity index (χ2v) is 8.91. The Hall–Kier alpha value is -3.39. The molecule has 2 N–H and O–H groups in total. The largest absolute Gasteiger partial charge is 0.479 e. The maximum atomic E-state index is 13.2. The van der Waals surface area contributed by atoms with Gasteiger partial charge >= 0.3 is 12.1 Å². The number of benzene rings is 2. The molecule has 1 unspecified atom stereocenters. The van der Waals surface area contributed by atoms with E-state index in [0.29, 0.717) is 25.8 Å². The van der Waals surface area contributed by atoms with E-state index in [0.717, 1.165) is 22.3 Å². The first kappa shape index (κ1) is 23.8. The first-order valence-corrected chi connectivity index (χ1v) is 11.5. The number of carbonyl (C=O) groups is 3. The summed E-state index contributed by atoms with van der Waals surface area (Å²) in [5.41, 5.74) is 3.02. The maximum Gasteiger partial charge on any atom is 0.407 e. The number of hydrogen-bond donors (Lipinski definition) is 2. The molecular weight excluding hydrogens is 436 g/mol. The summed E-state index contributed by atoms with van der Waals surface area (Å²) < 4.78 is 10.7. The molecule has 1 heterocycles. The highest BCUT2D eigenvalue weighted by molar-refractivity contribution is 5.91. The Balaban J connectivity index is 1.42. The van der Waals surface area contributed by atoms with Crippen molar-refractivity contribution in [3.63, 3.8) is 0 Å². The van der Waals surface area contributed by atoms with Gasteiger partial charge in [0.1, 0.15) is 12.6 Å². The Morgan fingerprint density at radius 2 is 1.71 bits per heavy atom. The molecule has 1 aliphatic carbocycles. The van der Waals surface area contributed by atoms with Crippen LogP contribution in [0.15, 0.2) is 48.5 Å². The minimum Gasteiger partial charge on any atom is -0.479 e. The van der Waals surface area contributed by atoms with Gasteiger partial charge < -0.3 is 24.8 Å². The molecule has 1 saturated heterocycles. The monoisotopic (exact) mass is 466 g/mol. The van der Waals surface area contributed by atoms with E-state index in [4.69, 9.17) is 9.47 Å². The van der Waals surface area contributed by atoms with Crippen molar-refractivity contribution in [2.45, 2.75) is 43.7 Å². The van der Waals surface area contributed by atoms with Crippen LogP contribution < -0.4 is 5.32 Å². The number of fused-ring (bicyclic) bond motifs is 3. The van der Waals surface area contributed by atoms with E-state index in [1.807, 2.05) is 36.4 Å². The Kier molecular flexibility index (Phi) is 6.88. The lowest BCUT2D eigenvalue weighted by Gasteiger charge is -2.44. The Morgan fingerprint density at radius 3 is 2.29 bits per heavy atom. The number of nitrogens with zero attached hydrogens (tertiary/aromatic N) is 1. The van der Waals surface area contributed by atoms with Gasteiger partial charge in [0.05, 0.1) is 6.61 Å². The number of carbonyl (C=O) groups excluding carboxylic acids is 2. The van der Waals surface area contributed by atoms with Crippen LogP contribution in [0.2, 0.25) is 0 Å². The van der Waals surface area contributed by atoms with E-state index < -0.39 is 29.6 Å². The van der Waals surface area contributed by atoms with E-state index in [1.54, 1.807) is 0 Å². The summed E-state index contributed by atoms with van der Waals surface area (Å²) in [6, 6.07) is 15.1. The zero-order valence-electron chi connectivity index (χ0n) is 19.5. The van der Waals surface area contributed by atoms with Gasteiger partial charge in [0.15, 0.2) is 5.54 Å². The molecule has 1 aliphatic heterocycles. The van der Waals surface area contributed by atoms with Crippen LogP contribution >= 0.6 is 0 Å². The van der Waals surface area contributed by atoms with Crippen molar-refractivity contribution >= 4 is 18.0 Å². The van der Waals surface area contributed by atoms with Gasteiger partial charge in [-0.1, -0.05) is 48.5 Å². The summed E-state index contributed by atoms with van der Waals surface area (Å²) in [6.07, 6.45) is 0.974. The predicted octanol–water partition coefficient (Wildman–Crippen LogP) is 3.40. The number of hydrogen-bond acceptors (Lipinski definition) is 5. The van der Waals surface area contributed by atoms with Gasteiger partial charge in [0.2, 0.25) is 5.91 Å². The van der Waals surface area contributed by atoms with Gasteiger partial charge in [0.25, 0.3) is 0 Å². The summed E-state index contributed by atoms with van der Waals surface area (Å²) in [6.45, 7) is 1.86. The summed E-state index contributed by atoms with van der Waals surface area (Å²) >= 11 is 0. The number of amides is 2. The highest BCUT2D eigenvalue weighted by Crippen LogP contribution is 2.44. The lowest BCUT2D eigenvalue weighted by molar-refractivity contribution is -0.167. The van der Waals surface area contributed by atoms with Crippen molar-refractivity contribution in [3.8, 4) is 11.1 Å². The summed E-state index contributed by atoms with van der Waals surface area (Å²) in [7, 11) is 1.42.